The van der Waals surface area contributed by atoms with Crippen molar-refractivity contribution in [1.29, 1.82) is 0 Å². The highest BCUT2D eigenvalue weighted by Crippen LogP contribution is 2.23. The molecule has 1 aliphatic rings. The summed E-state index contributed by atoms with van der Waals surface area (Å²) in [5.74, 6) is -16.2. The summed E-state index contributed by atoms with van der Waals surface area (Å²) in [6.07, 6.45) is 1.70. The number of phenols is 1. The molecule has 11 atom stereocenters. The highest BCUT2D eigenvalue weighted by atomic mass is 32.2. The predicted octanol–water partition coefficient (Wildman–Crippen LogP) is -2.82. The standard InChI is InChI=1S/C73H102N18O19S2/c1-39(2)31-52(66(104)86-51(62(75)100)35-58(74)94)82-59(95)38-80-63(101)48(23-24-60(96)97)83-69(107)55(34-43-37-79-46-16-10-9-15-45(43)46)89-68(106)54(33-42-19-21-44(93)22-20-42)88-70(108)56(36-61(98)99)90-65(103)49(25-29-111-4)84-67(105)53(32-41-13-7-6-8-14-41)87-64(102)47(17-11-27-78-73(76)77)85-71(109)57-18-12-28-91(57)72(110)50(26-30-112-5)81-40(3)92/h6-10,13-16,19-22,37,39,47-57,79,93H,11-12,17-18,23-36,38H2,1-5H3,(H2,74,94)(H2,75,100)(H,80,101)(H,81,92)(H,82,95)(H,83,107)(H,84,105)(H,85,109)(H,86,104)(H,87,102)(H,88,108)(H,89,106)(H,90,103)(H,96,97)(H,98,99)(H4,76,77,78)/t47-,48-,49-,50-,51+,52+,53-,54-,55-,56-,57-/m0/s1. The molecule has 14 amide bonds. The topological polar surface area (TPSA) is 602 Å². The number of para-hydroxylation sites is 1. The summed E-state index contributed by atoms with van der Waals surface area (Å²) >= 11 is 2.71. The van der Waals surface area contributed by atoms with Crippen LogP contribution in [0.4, 0.5) is 0 Å². The number of guanidine groups is 1. The van der Waals surface area contributed by atoms with Gasteiger partial charge < -0.3 is 107 Å². The summed E-state index contributed by atoms with van der Waals surface area (Å²) < 4.78 is 0. The van der Waals surface area contributed by atoms with Crippen LogP contribution in [0.25, 0.3) is 10.9 Å². The number of amides is 14. The van der Waals surface area contributed by atoms with E-state index < -0.39 is 200 Å². The minimum atomic E-state index is -2.03. The number of thioether (sulfide) groups is 2. The van der Waals surface area contributed by atoms with Crippen LogP contribution in [0.1, 0.15) is 108 Å². The van der Waals surface area contributed by atoms with Crippen molar-refractivity contribution in [2.75, 3.05) is 43.7 Å². The van der Waals surface area contributed by atoms with Gasteiger partial charge in [-0.3, -0.25) is 81.7 Å². The first kappa shape index (κ1) is 91.1. The fourth-order valence-electron chi connectivity index (χ4n) is 12.1. The molecule has 2 heterocycles. The molecule has 0 aliphatic carbocycles. The second kappa shape index (κ2) is 46.2. The highest BCUT2D eigenvalue weighted by Gasteiger charge is 2.41. The molecule has 0 unspecified atom stereocenters. The predicted molar refractivity (Wildman–Crippen MR) is 414 cm³/mol. The Balaban J connectivity index is 1.45. The van der Waals surface area contributed by atoms with Crippen LogP contribution in [0.3, 0.4) is 0 Å². The van der Waals surface area contributed by atoms with E-state index in [0.717, 1.165) is 0 Å². The monoisotopic (exact) mass is 1600 g/mol. The van der Waals surface area contributed by atoms with Crippen LogP contribution in [-0.4, -0.2) is 236 Å². The number of aliphatic carboxylic acids is 2. The van der Waals surface area contributed by atoms with E-state index in [4.69, 9.17) is 22.9 Å². The number of nitrogens with zero attached hydrogens (tertiary/aromatic N) is 2. The molecule has 112 heavy (non-hydrogen) atoms. The number of nitrogens with two attached hydrogens (primary N) is 4. The first-order chi connectivity index (χ1) is 53.2. The van der Waals surface area contributed by atoms with E-state index in [2.05, 4.69) is 68.5 Å². The van der Waals surface area contributed by atoms with E-state index >= 15 is 4.79 Å². The molecule has 23 N–H and O–H groups in total. The Morgan fingerprint density at radius 1 is 0.545 bits per heavy atom. The molecule has 5 rings (SSSR count). The Morgan fingerprint density at radius 3 is 1.61 bits per heavy atom. The van der Waals surface area contributed by atoms with Gasteiger partial charge in [-0.1, -0.05) is 74.5 Å². The third-order valence-electron chi connectivity index (χ3n) is 17.7. The summed E-state index contributed by atoms with van der Waals surface area (Å²) in [5, 5.41) is 58.7. The smallest absolute Gasteiger partial charge is 0.305 e. The van der Waals surface area contributed by atoms with Gasteiger partial charge in [0.1, 0.15) is 72.2 Å². The van der Waals surface area contributed by atoms with Gasteiger partial charge in [0.05, 0.1) is 19.4 Å². The Kier molecular flexibility index (Phi) is 37.6. The molecule has 1 aromatic heterocycles. The molecule has 0 radical (unpaired) electrons. The minimum absolute atomic E-state index is 0.0143. The van der Waals surface area contributed by atoms with Crippen LogP contribution in [0.15, 0.2) is 90.1 Å². The number of hydrogen-bond acceptors (Lipinski definition) is 20. The van der Waals surface area contributed by atoms with E-state index in [1.807, 2.05) is 6.26 Å². The summed E-state index contributed by atoms with van der Waals surface area (Å²) in [6.45, 7) is 4.01. The van der Waals surface area contributed by atoms with Crippen LogP contribution in [0, 0.1) is 5.92 Å². The third kappa shape index (κ3) is 31.1. The lowest BCUT2D eigenvalue weighted by atomic mass is 10.0. The molecule has 1 aliphatic heterocycles. The number of aliphatic imine (C=N–C) groups is 1. The number of nitrogens with one attached hydrogen (secondary N) is 12. The second-order valence-electron chi connectivity index (χ2n) is 27.1. The first-order valence-corrected chi connectivity index (χ1v) is 38.9. The Labute approximate surface area is 654 Å². The number of likely N-dealkylation sites (tertiary alicyclic amines) is 1. The summed E-state index contributed by atoms with van der Waals surface area (Å²) in [4.78, 5) is 227. The van der Waals surface area contributed by atoms with Gasteiger partial charge >= 0.3 is 11.9 Å². The molecular weight excluding hydrogens is 1500 g/mol. The average molecular weight is 1600 g/mol. The molecule has 3 aromatic carbocycles. The maximum atomic E-state index is 15.1. The lowest BCUT2D eigenvalue weighted by molar-refractivity contribution is -0.142. The number of hydrogen-bond donors (Lipinski definition) is 19. The average Bonchev–Trinajstić information content (AvgIpc) is 1.69. The van der Waals surface area contributed by atoms with Gasteiger partial charge in [-0.15, -0.1) is 0 Å². The van der Waals surface area contributed by atoms with Crippen molar-refractivity contribution in [2.45, 2.75) is 177 Å². The number of benzene rings is 3. The zero-order chi connectivity index (χ0) is 82.7. The quantitative estimate of drug-likeness (QED) is 0.0120. The van der Waals surface area contributed by atoms with Crippen molar-refractivity contribution in [3.63, 3.8) is 0 Å². The van der Waals surface area contributed by atoms with Crippen LogP contribution < -0.4 is 81.4 Å². The highest BCUT2D eigenvalue weighted by molar-refractivity contribution is 7.98. The van der Waals surface area contributed by atoms with Crippen molar-refractivity contribution in [3.05, 3.63) is 102 Å². The maximum Gasteiger partial charge on any atom is 0.305 e. The van der Waals surface area contributed by atoms with Crippen molar-refractivity contribution in [2.24, 2.45) is 33.8 Å². The van der Waals surface area contributed by atoms with Gasteiger partial charge in [0.2, 0.25) is 82.7 Å². The molecule has 4 aromatic rings. The van der Waals surface area contributed by atoms with Gasteiger partial charge in [-0.05, 0) is 116 Å². The lowest BCUT2D eigenvalue weighted by Crippen LogP contribution is -2.61. The van der Waals surface area contributed by atoms with E-state index in [1.165, 1.54) is 65.8 Å². The number of fused-ring (bicyclic) bond motifs is 1. The number of rotatable bonds is 48. The molecule has 1 fully saturated rings. The van der Waals surface area contributed by atoms with Gasteiger partial charge in [0.15, 0.2) is 5.96 Å². The number of aromatic amines is 1. The van der Waals surface area contributed by atoms with Crippen LogP contribution in [0.2, 0.25) is 0 Å². The van der Waals surface area contributed by atoms with Gasteiger partial charge in [0, 0.05) is 62.8 Å². The van der Waals surface area contributed by atoms with Gasteiger partial charge in [-0.2, -0.15) is 23.5 Å². The van der Waals surface area contributed by atoms with Crippen molar-refractivity contribution < 1.29 is 92.0 Å². The van der Waals surface area contributed by atoms with Gasteiger partial charge in [0.25, 0.3) is 0 Å². The van der Waals surface area contributed by atoms with Crippen molar-refractivity contribution in [1.82, 2.24) is 68.4 Å². The summed E-state index contributed by atoms with van der Waals surface area (Å²) in [6, 6.07) is 3.86. The number of primary amides is 2. The number of carbonyl (C=O) groups is 16. The molecular formula is C73H102N18O19S2. The van der Waals surface area contributed by atoms with Gasteiger partial charge in [-0.25, -0.2) is 0 Å². The number of carbonyl (C=O) groups excluding carboxylic acids is 14. The number of carboxylic acids is 2. The normalized spacial score (nSPS) is 15.1. The molecule has 37 nitrogen and oxygen atoms in total. The van der Waals surface area contributed by atoms with E-state index in [1.54, 1.807) is 74.7 Å². The molecule has 0 spiro atoms. The number of carboxylic acid groups (broad SMARTS) is 2. The fraction of sp³-hybridized carbons (Fsp3) is 0.493. The van der Waals surface area contributed by atoms with E-state index in [0.29, 0.717) is 34.2 Å². The molecule has 0 saturated carbocycles. The lowest BCUT2D eigenvalue weighted by Gasteiger charge is -2.30. The maximum absolute atomic E-state index is 15.1. The Bertz CT molecular complexity index is 4000. The van der Waals surface area contributed by atoms with Crippen LogP contribution in [0.5, 0.6) is 5.75 Å². The van der Waals surface area contributed by atoms with E-state index in [9.17, 15) is 87.2 Å². The number of H-pyrrole nitrogens is 1. The molecule has 610 valence electrons. The zero-order valence-corrected chi connectivity index (χ0v) is 64.5. The van der Waals surface area contributed by atoms with E-state index in [-0.39, 0.29) is 93.4 Å². The van der Waals surface area contributed by atoms with Crippen LogP contribution in [-0.2, 0) is 96.0 Å². The number of aromatic nitrogens is 1. The molecule has 1 saturated heterocycles. The second-order valence-corrected chi connectivity index (χ2v) is 29.1. The largest absolute Gasteiger partial charge is 0.508 e. The summed E-state index contributed by atoms with van der Waals surface area (Å²) in [5.41, 5.74) is 23.6. The zero-order valence-electron chi connectivity index (χ0n) is 62.8. The first-order valence-electron chi connectivity index (χ1n) is 36.2. The minimum Gasteiger partial charge on any atom is -0.508 e. The van der Waals surface area contributed by atoms with Crippen LogP contribution >= 0.6 is 23.5 Å². The summed E-state index contributed by atoms with van der Waals surface area (Å²) in [7, 11) is 0. The SMILES string of the molecule is CSCC[C@H](NC(=O)[C@H](Cc1ccccc1)NC(=O)[C@H](CCCN=C(N)N)NC(=O)[C@@H]1CCCN1C(=O)[C@H](CCSC)NC(C)=O)C(=O)N[C@@H](CC(=O)O)C(=O)N[C@@H](Cc1ccc(O)cc1)C(=O)N[C@@H](Cc1c[nH]c2ccccc12)C(=O)N[C@@H](CCC(=O)O)C(=O)NCC(=O)N[C@H](CC(C)C)C(=O)N[C@H](CC(N)=O)C(N)=O. The fourth-order valence-corrected chi connectivity index (χ4v) is 13.1. The molecule has 39 heteroatoms. The number of aromatic hydroxyl groups is 1. The van der Waals surface area contributed by atoms with Crippen molar-refractivity contribution >= 4 is 135 Å². The van der Waals surface area contributed by atoms with Crippen molar-refractivity contribution in [3.8, 4) is 5.75 Å². The number of phenolic OH excluding ortho intramolecular Hbond substituents is 1. The molecule has 0 bridgehead atoms. The third-order valence-corrected chi connectivity index (χ3v) is 19.0. The Morgan fingerprint density at radius 2 is 1.05 bits per heavy atom. The Hall–Kier alpha value is -11.5.